The van der Waals surface area contributed by atoms with Gasteiger partial charge in [0, 0.05) is 5.92 Å². The number of ketones is 1. The number of rotatable bonds is 1. The number of allylic oxidation sites excluding steroid dienone is 4. The third-order valence-electron chi connectivity index (χ3n) is 4.69. The summed E-state index contributed by atoms with van der Waals surface area (Å²) in [5, 5.41) is 0. The van der Waals surface area contributed by atoms with Crippen LogP contribution < -0.4 is 0 Å². The molecule has 1 heteroatoms. The molecule has 2 fully saturated rings. The van der Waals surface area contributed by atoms with Crippen LogP contribution in [0.2, 0.25) is 0 Å². The Kier molecular flexibility index (Phi) is 2.14. The topological polar surface area (TPSA) is 17.1 Å². The highest BCUT2D eigenvalue weighted by molar-refractivity contribution is 6.01. The molecule has 86 valence electrons. The molecule has 0 amide bonds. The molecular formula is C15H20O. The lowest BCUT2D eigenvalue weighted by atomic mass is 9.81. The maximum atomic E-state index is 12.4. The molecule has 0 saturated heterocycles. The Morgan fingerprint density at radius 2 is 2.00 bits per heavy atom. The van der Waals surface area contributed by atoms with Gasteiger partial charge in [-0.2, -0.15) is 0 Å². The summed E-state index contributed by atoms with van der Waals surface area (Å²) in [5.74, 6) is 3.63. The number of carbonyl (C=O) groups excluding carboxylic acids is 1. The lowest BCUT2D eigenvalue weighted by molar-refractivity contribution is -0.119. The minimum Gasteiger partial charge on any atom is -0.294 e. The number of fused-ring (bicyclic) bond motifs is 5. The van der Waals surface area contributed by atoms with Crippen molar-refractivity contribution in [3.05, 3.63) is 23.8 Å². The zero-order valence-electron chi connectivity index (χ0n) is 10.3. The Bertz CT molecular complexity index is 388. The van der Waals surface area contributed by atoms with E-state index in [0.717, 1.165) is 5.57 Å². The quantitative estimate of drug-likeness (QED) is 0.486. The van der Waals surface area contributed by atoms with E-state index in [4.69, 9.17) is 0 Å². The van der Waals surface area contributed by atoms with Gasteiger partial charge in [0.2, 0.25) is 0 Å². The third-order valence-corrected chi connectivity index (χ3v) is 4.69. The fourth-order valence-electron chi connectivity index (χ4n) is 4.13. The third kappa shape index (κ3) is 1.20. The van der Waals surface area contributed by atoms with E-state index in [1.54, 1.807) is 0 Å². The van der Waals surface area contributed by atoms with E-state index in [1.165, 1.54) is 6.42 Å². The van der Waals surface area contributed by atoms with E-state index < -0.39 is 0 Å². The van der Waals surface area contributed by atoms with Crippen LogP contribution >= 0.6 is 0 Å². The molecule has 3 aliphatic rings. The van der Waals surface area contributed by atoms with Crippen molar-refractivity contribution >= 4 is 5.78 Å². The first-order valence-electron chi connectivity index (χ1n) is 6.54. The SMILES string of the molecule is CC(C)/C=C1/C(=O)[C@H]2[C@H]([C@H]3C=C[C@@H]2C3)[C@H]1C. The fourth-order valence-corrected chi connectivity index (χ4v) is 4.13. The second kappa shape index (κ2) is 3.32. The van der Waals surface area contributed by atoms with Gasteiger partial charge in [0.15, 0.2) is 5.78 Å². The van der Waals surface area contributed by atoms with Crippen LogP contribution in [-0.2, 0) is 4.79 Å². The lowest BCUT2D eigenvalue weighted by Gasteiger charge is -2.21. The van der Waals surface area contributed by atoms with Crippen LogP contribution in [0.25, 0.3) is 0 Å². The van der Waals surface area contributed by atoms with Crippen molar-refractivity contribution in [3.63, 3.8) is 0 Å². The maximum Gasteiger partial charge on any atom is 0.162 e. The monoisotopic (exact) mass is 216 g/mol. The average molecular weight is 216 g/mol. The Morgan fingerprint density at radius 1 is 1.31 bits per heavy atom. The molecule has 0 aromatic heterocycles. The first kappa shape index (κ1) is 10.3. The normalized spacial score (nSPS) is 47.4. The van der Waals surface area contributed by atoms with Gasteiger partial charge in [0.25, 0.3) is 0 Å². The van der Waals surface area contributed by atoms with Crippen LogP contribution in [0.3, 0.4) is 0 Å². The van der Waals surface area contributed by atoms with Crippen molar-refractivity contribution in [2.45, 2.75) is 27.2 Å². The van der Waals surface area contributed by atoms with Crippen molar-refractivity contribution in [2.75, 3.05) is 0 Å². The molecule has 1 nitrogen and oxygen atoms in total. The smallest absolute Gasteiger partial charge is 0.162 e. The van der Waals surface area contributed by atoms with Crippen molar-refractivity contribution < 1.29 is 4.79 Å². The zero-order valence-corrected chi connectivity index (χ0v) is 10.3. The Hall–Kier alpha value is -0.850. The second-order valence-electron chi connectivity index (χ2n) is 6.07. The number of Topliss-reactive ketones (excluding diaryl/α,β-unsaturated/α-hetero) is 1. The highest BCUT2D eigenvalue weighted by atomic mass is 16.1. The molecule has 0 aromatic carbocycles. The molecule has 0 spiro atoms. The second-order valence-corrected chi connectivity index (χ2v) is 6.07. The van der Waals surface area contributed by atoms with Crippen LogP contribution in [0.1, 0.15) is 27.2 Å². The van der Waals surface area contributed by atoms with Crippen LogP contribution in [0, 0.1) is 35.5 Å². The summed E-state index contributed by atoms with van der Waals surface area (Å²) in [6.07, 6.45) is 8.08. The molecule has 0 aromatic rings. The molecule has 5 atom stereocenters. The molecule has 0 heterocycles. The zero-order chi connectivity index (χ0) is 11.4. The molecule has 16 heavy (non-hydrogen) atoms. The summed E-state index contributed by atoms with van der Waals surface area (Å²) >= 11 is 0. The van der Waals surface area contributed by atoms with Gasteiger partial charge in [-0.15, -0.1) is 0 Å². The van der Waals surface area contributed by atoms with Gasteiger partial charge in [-0.3, -0.25) is 4.79 Å². The molecule has 2 bridgehead atoms. The van der Waals surface area contributed by atoms with E-state index in [2.05, 4.69) is 39.0 Å². The van der Waals surface area contributed by atoms with Crippen molar-refractivity contribution in [1.82, 2.24) is 0 Å². The Morgan fingerprint density at radius 3 is 2.62 bits per heavy atom. The van der Waals surface area contributed by atoms with Gasteiger partial charge in [-0.25, -0.2) is 0 Å². The van der Waals surface area contributed by atoms with E-state index in [-0.39, 0.29) is 0 Å². The van der Waals surface area contributed by atoms with Gasteiger partial charge in [0.05, 0.1) is 0 Å². The largest absolute Gasteiger partial charge is 0.294 e. The molecule has 2 saturated carbocycles. The summed E-state index contributed by atoms with van der Waals surface area (Å²) in [4.78, 5) is 12.4. The van der Waals surface area contributed by atoms with Crippen molar-refractivity contribution in [3.8, 4) is 0 Å². The minimum atomic E-state index is 0.329. The fraction of sp³-hybridized carbons (Fsp3) is 0.667. The first-order valence-corrected chi connectivity index (χ1v) is 6.54. The van der Waals surface area contributed by atoms with Gasteiger partial charge in [-0.05, 0) is 41.6 Å². The van der Waals surface area contributed by atoms with Crippen molar-refractivity contribution in [2.24, 2.45) is 35.5 Å². The Labute approximate surface area is 97.6 Å². The molecular weight excluding hydrogens is 196 g/mol. The molecule has 3 aliphatic carbocycles. The average Bonchev–Trinajstić information content (AvgIpc) is 2.87. The van der Waals surface area contributed by atoms with Gasteiger partial charge in [-0.1, -0.05) is 39.0 Å². The summed E-state index contributed by atoms with van der Waals surface area (Å²) in [7, 11) is 0. The molecule has 3 rings (SSSR count). The summed E-state index contributed by atoms with van der Waals surface area (Å²) < 4.78 is 0. The van der Waals surface area contributed by atoms with Crippen LogP contribution in [0.4, 0.5) is 0 Å². The predicted molar refractivity (Wildman–Crippen MR) is 64.8 cm³/mol. The van der Waals surface area contributed by atoms with E-state index in [1.807, 2.05) is 0 Å². The van der Waals surface area contributed by atoms with Crippen LogP contribution in [0.15, 0.2) is 23.8 Å². The van der Waals surface area contributed by atoms with Crippen LogP contribution in [0.5, 0.6) is 0 Å². The van der Waals surface area contributed by atoms with Crippen molar-refractivity contribution in [1.29, 1.82) is 0 Å². The molecule has 0 N–H and O–H groups in total. The number of hydrogen-bond acceptors (Lipinski definition) is 1. The summed E-state index contributed by atoms with van der Waals surface area (Å²) in [5.41, 5.74) is 1.13. The van der Waals surface area contributed by atoms with E-state index >= 15 is 0 Å². The first-order chi connectivity index (χ1) is 7.59. The lowest BCUT2D eigenvalue weighted by Crippen LogP contribution is -2.20. The number of hydrogen-bond donors (Lipinski definition) is 0. The highest BCUT2D eigenvalue weighted by Crippen LogP contribution is 2.57. The van der Waals surface area contributed by atoms with E-state index in [0.29, 0.717) is 41.3 Å². The predicted octanol–water partition coefficient (Wildman–Crippen LogP) is 3.23. The summed E-state index contributed by atoms with van der Waals surface area (Å²) in [6.45, 7) is 6.58. The van der Waals surface area contributed by atoms with Gasteiger partial charge < -0.3 is 0 Å². The molecule has 0 aliphatic heterocycles. The molecule has 0 radical (unpaired) electrons. The van der Waals surface area contributed by atoms with Gasteiger partial charge >= 0.3 is 0 Å². The standard InChI is InChI=1S/C15H20O/c1-8(2)6-12-9(3)13-10-4-5-11(7-10)14(13)15(12)16/h4-6,8-11,13-14H,7H2,1-3H3/b12-6+/t9-,10-,11+,13-,14+/m0/s1. The maximum absolute atomic E-state index is 12.4. The number of carbonyl (C=O) groups is 1. The van der Waals surface area contributed by atoms with Crippen LogP contribution in [-0.4, -0.2) is 5.78 Å². The highest BCUT2D eigenvalue weighted by Gasteiger charge is 2.56. The summed E-state index contributed by atoms with van der Waals surface area (Å²) in [6, 6.07) is 0. The molecule has 0 unspecified atom stereocenters. The minimum absolute atomic E-state index is 0.329. The van der Waals surface area contributed by atoms with Gasteiger partial charge in [0.1, 0.15) is 0 Å². The Balaban J connectivity index is 1.97. The van der Waals surface area contributed by atoms with E-state index in [9.17, 15) is 4.79 Å².